The lowest BCUT2D eigenvalue weighted by Gasteiger charge is -2.21. The molecule has 0 spiro atoms. The smallest absolute Gasteiger partial charge is 0.0511 e. The van der Waals surface area contributed by atoms with Gasteiger partial charge in [-0.15, -0.1) is 0 Å². The topological polar surface area (TPSA) is 15.3 Å². The summed E-state index contributed by atoms with van der Waals surface area (Å²) in [6.07, 6.45) is 0. The van der Waals surface area contributed by atoms with Crippen molar-refractivity contribution in [3.63, 3.8) is 0 Å². The van der Waals surface area contributed by atoms with Crippen molar-refractivity contribution >= 4 is 21.6 Å². The first-order chi connectivity index (χ1) is 9.60. The molecule has 106 valence electrons. The Labute approximate surface area is 129 Å². The van der Waals surface area contributed by atoms with E-state index in [4.69, 9.17) is 0 Å². The molecular weight excluding hydrogens is 312 g/mol. The van der Waals surface area contributed by atoms with Crippen molar-refractivity contribution in [3.05, 3.63) is 63.6 Å². The molecule has 0 radical (unpaired) electrons. The second-order valence-corrected chi connectivity index (χ2v) is 6.02. The number of anilines is 1. The van der Waals surface area contributed by atoms with Crippen LogP contribution in [-0.4, -0.2) is 14.1 Å². The molecule has 3 heteroatoms. The van der Waals surface area contributed by atoms with Crippen molar-refractivity contribution in [2.24, 2.45) is 0 Å². The van der Waals surface area contributed by atoms with Gasteiger partial charge in [-0.1, -0.05) is 35.9 Å². The second kappa shape index (κ2) is 6.91. The lowest BCUT2D eigenvalue weighted by atomic mass is 10.1. The molecule has 0 fully saturated rings. The van der Waals surface area contributed by atoms with Crippen LogP contribution in [0.25, 0.3) is 0 Å². The summed E-state index contributed by atoms with van der Waals surface area (Å²) in [4.78, 5) is 2.27. The minimum Gasteiger partial charge on any atom is -0.369 e. The maximum Gasteiger partial charge on any atom is 0.0511 e. The first-order valence-electron chi connectivity index (χ1n) is 6.80. The molecule has 0 amide bonds. The molecule has 0 saturated heterocycles. The molecule has 0 atom stereocenters. The van der Waals surface area contributed by atoms with Gasteiger partial charge >= 0.3 is 0 Å². The molecule has 1 N–H and O–H groups in total. The number of hydrogen-bond acceptors (Lipinski definition) is 2. The van der Waals surface area contributed by atoms with Crippen molar-refractivity contribution in [2.75, 3.05) is 19.0 Å². The number of rotatable bonds is 5. The Morgan fingerprint density at radius 2 is 1.90 bits per heavy atom. The summed E-state index contributed by atoms with van der Waals surface area (Å²) in [7, 11) is 4.09. The van der Waals surface area contributed by atoms with Gasteiger partial charge in [0.25, 0.3) is 0 Å². The molecule has 2 aromatic carbocycles. The second-order valence-electron chi connectivity index (χ2n) is 5.16. The Bertz CT molecular complexity index is 581. The molecule has 0 aliphatic carbocycles. The van der Waals surface area contributed by atoms with Gasteiger partial charge in [-0.2, -0.15) is 0 Å². The van der Waals surface area contributed by atoms with Crippen LogP contribution < -0.4 is 10.2 Å². The van der Waals surface area contributed by atoms with Crippen LogP contribution >= 0.6 is 15.9 Å². The molecule has 0 aliphatic rings. The van der Waals surface area contributed by atoms with Gasteiger partial charge in [0.05, 0.1) is 5.69 Å². The third kappa shape index (κ3) is 3.84. The van der Waals surface area contributed by atoms with Crippen molar-refractivity contribution in [1.82, 2.24) is 5.32 Å². The van der Waals surface area contributed by atoms with Gasteiger partial charge in [0.1, 0.15) is 0 Å². The van der Waals surface area contributed by atoms with Gasteiger partial charge in [-0.3, -0.25) is 0 Å². The standard InChI is InChI=1S/C17H21BrN2/c1-13-5-4-6-15(9-13)12-20(3)17-8-7-14(11-19-2)10-16(17)18/h4-10,19H,11-12H2,1-3H3. The zero-order valence-corrected chi connectivity index (χ0v) is 13.9. The van der Waals surface area contributed by atoms with Crippen molar-refractivity contribution in [1.29, 1.82) is 0 Å². The quantitative estimate of drug-likeness (QED) is 0.886. The van der Waals surface area contributed by atoms with Gasteiger partial charge in [0.15, 0.2) is 0 Å². The van der Waals surface area contributed by atoms with E-state index in [0.717, 1.165) is 17.6 Å². The fourth-order valence-corrected chi connectivity index (χ4v) is 3.07. The monoisotopic (exact) mass is 332 g/mol. The zero-order chi connectivity index (χ0) is 14.5. The van der Waals surface area contributed by atoms with Crippen LogP contribution in [0.3, 0.4) is 0 Å². The lowest BCUT2D eigenvalue weighted by molar-refractivity contribution is 0.816. The number of hydrogen-bond donors (Lipinski definition) is 1. The number of nitrogens with zero attached hydrogens (tertiary/aromatic N) is 1. The molecule has 0 aliphatic heterocycles. The van der Waals surface area contributed by atoms with Gasteiger partial charge < -0.3 is 10.2 Å². The Balaban J connectivity index is 2.14. The SMILES string of the molecule is CNCc1ccc(N(C)Cc2cccc(C)c2)c(Br)c1. The molecule has 2 nitrogen and oxygen atoms in total. The average molecular weight is 333 g/mol. The highest BCUT2D eigenvalue weighted by Gasteiger charge is 2.07. The van der Waals surface area contributed by atoms with Gasteiger partial charge in [-0.25, -0.2) is 0 Å². The van der Waals surface area contributed by atoms with E-state index in [1.165, 1.54) is 22.4 Å². The predicted molar refractivity (Wildman–Crippen MR) is 90.2 cm³/mol. The molecule has 2 rings (SSSR count). The Kier molecular flexibility index (Phi) is 5.21. The summed E-state index contributed by atoms with van der Waals surface area (Å²) >= 11 is 3.68. The number of halogens is 1. The van der Waals surface area contributed by atoms with Crippen molar-refractivity contribution < 1.29 is 0 Å². The Hall–Kier alpha value is -1.32. The Morgan fingerprint density at radius 1 is 1.10 bits per heavy atom. The number of aryl methyl sites for hydroxylation is 1. The van der Waals surface area contributed by atoms with Gasteiger partial charge in [0.2, 0.25) is 0 Å². The molecular formula is C17H21BrN2. The van der Waals surface area contributed by atoms with Crippen LogP contribution in [0.1, 0.15) is 16.7 Å². The first kappa shape index (κ1) is 15.1. The summed E-state index contributed by atoms with van der Waals surface area (Å²) < 4.78 is 1.14. The van der Waals surface area contributed by atoms with E-state index in [1.54, 1.807) is 0 Å². The van der Waals surface area contributed by atoms with Crippen LogP contribution in [0.4, 0.5) is 5.69 Å². The average Bonchev–Trinajstić information content (AvgIpc) is 2.39. The molecule has 2 aromatic rings. The fraction of sp³-hybridized carbons (Fsp3) is 0.294. The van der Waals surface area contributed by atoms with Crippen molar-refractivity contribution in [2.45, 2.75) is 20.0 Å². The van der Waals surface area contributed by atoms with Crippen molar-refractivity contribution in [3.8, 4) is 0 Å². The van der Waals surface area contributed by atoms with E-state index in [2.05, 4.69) is 82.6 Å². The molecule has 0 aromatic heterocycles. The highest BCUT2D eigenvalue weighted by Crippen LogP contribution is 2.27. The van der Waals surface area contributed by atoms with Crippen LogP contribution in [0, 0.1) is 6.92 Å². The molecule has 0 saturated carbocycles. The fourth-order valence-electron chi connectivity index (χ4n) is 2.34. The van der Waals surface area contributed by atoms with E-state index in [9.17, 15) is 0 Å². The van der Waals surface area contributed by atoms with E-state index in [1.807, 2.05) is 7.05 Å². The summed E-state index contributed by atoms with van der Waals surface area (Å²) in [5.41, 5.74) is 5.14. The predicted octanol–water partition coefficient (Wildman–Crippen LogP) is 4.11. The number of benzene rings is 2. The third-order valence-electron chi connectivity index (χ3n) is 3.31. The highest BCUT2D eigenvalue weighted by molar-refractivity contribution is 9.10. The van der Waals surface area contributed by atoms with E-state index >= 15 is 0 Å². The summed E-state index contributed by atoms with van der Waals surface area (Å²) in [6.45, 7) is 3.93. The largest absolute Gasteiger partial charge is 0.369 e. The van der Waals surface area contributed by atoms with Gasteiger partial charge in [-0.05, 0) is 53.2 Å². The normalized spacial score (nSPS) is 10.6. The molecule has 0 bridgehead atoms. The van der Waals surface area contributed by atoms with Crippen LogP contribution in [-0.2, 0) is 13.1 Å². The zero-order valence-electron chi connectivity index (χ0n) is 12.3. The van der Waals surface area contributed by atoms with Crippen LogP contribution in [0.2, 0.25) is 0 Å². The number of nitrogens with one attached hydrogen (secondary N) is 1. The third-order valence-corrected chi connectivity index (χ3v) is 3.94. The summed E-state index contributed by atoms with van der Waals surface area (Å²) in [6, 6.07) is 15.2. The van der Waals surface area contributed by atoms with E-state index in [0.29, 0.717) is 0 Å². The minimum absolute atomic E-state index is 0.889. The summed E-state index contributed by atoms with van der Waals surface area (Å²) in [5.74, 6) is 0. The van der Waals surface area contributed by atoms with Crippen LogP contribution in [0.15, 0.2) is 46.9 Å². The Morgan fingerprint density at radius 3 is 2.55 bits per heavy atom. The van der Waals surface area contributed by atoms with E-state index in [-0.39, 0.29) is 0 Å². The molecule has 0 unspecified atom stereocenters. The van der Waals surface area contributed by atoms with Crippen LogP contribution in [0.5, 0.6) is 0 Å². The lowest BCUT2D eigenvalue weighted by Crippen LogP contribution is -2.17. The van der Waals surface area contributed by atoms with E-state index < -0.39 is 0 Å². The maximum absolute atomic E-state index is 3.68. The molecule has 0 heterocycles. The maximum atomic E-state index is 3.68. The highest BCUT2D eigenvalue weighted by atomic mass is 79.9. The summed E-state index contributed by atoms with van der Waals surface area (Å²) in [5, 5.41) is 3.17. The van der Waals surface area contributed by atoms with Gasteiger partial charge in [0, 0.05) is 24.6 Å². The molecule has 20 heavy (non-hydrogen) atoms. The minimum atomic E-state index is 0.889. The first-order valence-corrected chi connectivity index (χ1v) is 7.59.